The van der Waals surface area contributed by atoms with Crippen molar-refractivity contribution in [1.29, 1.82) is 0 Å². The summed E-state index contributed by atoms with van der Waals surface area (Å²) in [5, 5.41) is 4.46. The first kappa shape index (κ1) is 19.2. The van der Waals surface area contributed by atoms with E-state index < -0.39 is 10.0 Å². The molecule has 142 valence electrons. The van der Waals surface area contributed by atoms with Gasteiger partial charge in [-0.2, -0.15) is 0 Å². The SMILES string of the molecule is Cc1nc(C(C)C)sc1-c1ccnc(NC2CCN(S(C)(=O)=O)CC2)n1. The van der Waals surface area contributed by atoms with Crippen LogP contribution >= 0.6 is 11.3 Å². The lowest BCUT2D eigenvalue weighted by Crippen LogP contribution is -2.42. The Hall–Kier alpha value is -1.58. The maximum Gasteiger partial charge on any atom is 0.223 e. The number of aryl methyl sites for hydroxylation is 1. The Morgan fingerprint density at radius 3 is 2.54 bits per heavy atom. The largest absolute Gasteiger partial charge is 0.351 e. The first-order valence-corrected chi connectivity index (χ1v) is 11.4. The van der Waals surface area contributed by atoms with E-state index in [2.05, 4.69) is 34.1 Å². The highest BCUT2D eigenvalue weighted by Crippen LogP contribution is 2.32. The molecular weight excluding hydrogens is 370 g/mol. The van der Waals surface area contributed by atoms with Crippen LogP contribution in [-0.2, 0) is 10.0 Å². The number of hydrogen-bond donors (Lipinski definition) is 1. The number of hydrogen-bond acceptors (Lipinski definition) is 7. The Balaban J connectivity index is 1.71. The minimum Gasteiger partial charge on any atom is -0.351 e. The van der Waals surface area contributed by atoms with Gasteiger partial charge in [0.25, 0.3) is 0 Å². The van der Waals surface area contributed by atoms with Gasteiger partial charge in [-0.25, -0.2) is 27.7 Å². The maximum atomic E-state index is 11.6. The molecule has 0 unspecified atom stereocenters. The summed E-state index contributed by atoms with van der Waals surface area (Å²) >= 11 is 1.68. The summed E-state index contributed by atoms with van der Waals surface area (Å²) in [6.07, 6.45) is 4.51. The molecule has 1 fully saturated rings. The fourth-order valence-electron chi connectivity index (χ4n) is 2.97. The first-order chi connectivity index (χ1) is 12.2. The summed E-state index contributed by atoms with van der Waals surface area (Å²) in [7, 11) is -3.11. The number of anilines is 1. The second kappa shape index (κ2) is 7.58. The molecule has 1 saturated heterocycles. The van der Waals surface area contributed by atoms with Gasteiger partial charge in [0.15, 0.2) is 0 Å². The van der Waals surface area contributed by atoms with Gasteiger partial charge >= 0.3 is 0 Å². The zero-order chi connectivity index (χ0) is 18.9. The van der Waals surface area contributed by atoms with Crippen LogP contribution in [0.15, 0.2) is 12.3 Å². The van der Waals surface area contributed by atoms with E-state index in [1.165, 1.54) is 10.6 Å². The van der Waals surface area contributed by atoms with E-state index in [0.717, 1.165) is 34.1 Å². The topological polar surface area (TPSA) is 88.1 Å². The molecule has 2 aromatic heterocycles. The van der Waals surface area contributed by atoms with E-state index in [4.69, 9.17) is 0 Å². The summed E-state index contributed by atoms with van der Waals surface area (Å²) in [6, 6.07) is 2.08. The molecule has 0 aliphatic carbocycles. The number of aromatic nitrogens is 3. The number of piperidine rings is 1. The third-order valence-electron chi connectivity index (χ3n) is 4.45. The predicted octanol–water partition coefficient (Wildman–Crippen LogP) is 2.87. The highest BCUT2D eigenvalue weighted by Gasteiger charge is 2.25. The Morgan fingerprint density at radius 1 is 1.27 bits per heavy atom. The molecular formula is C17H25N5O2S2. The zero-order valence-electron chi connectivity index (χ0n) is 15.6. The third-order valence-corrected chi connectivity index (χ3v) is 7.24. The quantitative estimate of drug-likeness (QED) is 0.837. The summed E-state index contributed by atoms with van der Waals surface area (Å²) in [4.78, 5) is 14.7. The van der Waals surface area contributed by atoms with Crippen LogP contribution in [0.1, 0.15) is 43.3 Å². The van der Waals surface area contributed by atoms with E-state index in [9.17, 15) is 8.42 Å². The van der Waals surface area contributed by atoms with Crippen LogP contribution in [0.3, 0.4) is 0 Å². The van der Waals surface area contributed by atoms with Crippen molar-refractivity contribution in [3.05, 3.63) is 23.0 Å². The lowest BCUT2D eigenvalue weighted by molar-refractivity contribution is 0.331. The van der Waals surface area contributed by atoms with Crippen molar-refractivity contribution in [2.24, 2.45) is 0 Å². The lowest BCUT2D eigenvalue weighted by atomic mass is 10.1. The number of sulfonamides is 1. The van der Waals surface area contributed by atoms with E-state index in [1.54, 1.807) is 17.5 Å². The molecule has 7 nitrogen and oxygen atoms in total. The van der Waals surface area contributed by atoms with Crippen LogP contribution < -0.4 is 5.32 Å². The van der Waals surface area contributed by atoms with Gasteiger partial charge in [-0.1, -0.05) is 13.8 Å². The van der Waals surface area contributed by atoms with Gasteiger partial charge in [0.2, 0.25) is 16.0 Å². The Labute approximate surface area is 159 Å². The minimum absolute atomic E-state index is 0.178. The van der Waals surface area contributed by atoms with Crippen molar-refractivity contribution >= 4 is 27.3 Å². The van der Waals surface area contributed by atoms with Crippen molar-refractivity contribution < 1.29 is 8.42 Å². The fourth-order valence-corrected chi connectivity index (χ4v) is 4.88. The molecule has 0 radical (unpaired) electrons. The van der Waals surface area contributed by atoms with Crippen LogP contribution in [0.25, 0.3) is 10.6 Å². The molecule has 0 spiro atoms. The number of rotatable bonds is 5. The highest BCUT2D eigenvalue weighted by atomic mass is 32.2. The van der Waals surface area contributed by atoms with Gasteiger partial charge < -0.3 is 5.32 Å². The Bertz CT molecular complexity index is 871. The predicted molar refractivity (Wildman–Crippen MR) is 105 cm³/mol. The molecule has 0 amide bonds. The van der Waals surface area contributed by atoms with Gasteiger partial charge in [0, 0.05) is 31.2 Å². The van der Waals surface area contributed by atoms with Crippen LogP contribution in [0.5, 0.6) is 0 Å². The normalized spacial score (nSPS) is 17.0. The average Bonchev–Trinajstić information content (AvgIpc) is 2.97. The van der Waals surface area contributed by atoms with Crippen LogP contribution in [0.4, 0.5) is 5.95 Å². The monoisotopic (exact) mass is 395 g/mol. The highest BCUT2D eigenvalue weighted by molar-refractivity contribution is 7.88. The smallest absolute Gasteiger partial charge is 0.223 e. The molecule has 3 heterocycles. The first-order valence-electron chi connectivity index (χ1n) is 8.76. The second-order valence-electron chi connectivity index (χ2n) is 6.97. The van der Waals surface area contributed by atoms with Gasteiger partial charge in [0.05, 0.1) is 27.5 Å². The van der Waals surface area contributed by atoms with Crippen LogP contribution in [-0.4, -0.2) is 53.1 Å². The van der Waals surface area contributed by atoms with Crippen molar-refractivity contribution in [2.75, 3.05) is 24.7 Å². The number of nitrogens with zero attached hydrogens (tertiary/aromatic N) is 4. The molecule has 1 aliphatic rings. The minimum atomic E-state index is -3.11. The van der Waals surface area contributed by atoms with Gasteiger partial charge in [-0.3, -0.25) is 0 Å². The maximum absolute atomic E-state index is 11.6. The molecule has 9 heteroatoms. The standard InChI is InChI=1S/C17H25N5O2S2/c1-11(2)16-19-12(3)15(25-16)14-5-8-18-17(21-14)20-13-6-9-22(10-7-13)26(4,23)24/h5,8,11,13H,6-7,9-10H2,1-4H3,(H,18,20,21). The molecule has 0 saturated carbocycles. The zero-order valence-corrected chi connectivity index (χ0v) is 17.2. The van der Waals surface area contributed by atoms with Crippen molar-refractivity contribution in [3.63, 3.8) is 0 Å². The molecule has 0 bridgehead atoms. The number of nitrogens with one attached hydrogen (secondary N) is 1. The van der Waals surface area contributed by atoms with Crippen molar-refractivity contribution in [3.8, 4) is 10.6 Å². The van der Waals surface area contributed by atoms with Crippen molar-refractivity contribution in [2.45, 2.75) is 45.6 Å². The van der Waals surface area contributed by atoms with E-state index >= 15 is 0 Å². The molecule has 2 aromatic rings. The molecule has 26 heavy (non-hydrogen) atoms. The number of thiazole rings is 1. The molecule has 0 atom stereocenters. The second-order valence-corrected chi connectivity index (χ2v) is 9.98. The van der Waals surface area contributed by atoms with Crippen molar-refractivity contribution in [1.82, 2.24) is 19.3 Å². The summed E-state index contributed by atoms with van der Waals surface area (Å²) in [6.45, 7) is 7.34. The Morgan fingerprint density at radius 2 is 1.96 bits per heavy atom. The average molecular weight is 396 g/mol. The molecule has 3 rings (SSSR count). The third kappa shape index (κ3) is 4.39. The van der Waals surface area contributed by atoms with E-state index in [-0.39, 0.29) is 6.04 Å². The van der Waals surface area contributed by atoms with E-state index in [1.807, 2.05) is 13.0 Å². The summed E-state index contributed by atoms with van der Waals surface area (Å²) < 4.78 is 24.7. The summed E-state index contributed by atoms with van der Waals surface area (Å²) in [5.74, 6) is 0.978. The fraction of sp³-hybridized carbons (Fsp3) is 0.588. The lowest BCUT2D eigenvalue weighted by Gasteiger charge is -2.30. The van der Waals surface area contributed by atoms with Gasteiger partial charge in [0.1, 0.15) is 0 Å². The molecule has 1 N–H and O–H groups in total. The van der Waals surface area contributed by atoms with Crippen LogP contribution in [0, 0.1) is 6.92 Å². The molecule has 0 aromatic carbocycles. The van der Waals surface area contributed by atoms with Crippen LogP contribution in [0.2, 0.25) is 0 Å². The Kier molecular flexibility index (Phi) is 5.59. The summed E-state index contributed by atoms with van der Waals surface area (Å²) in [5.41, 5.74) is 1.86. The van der Waals surface area contributed by atoms with Gasteiger partial charge in [-0.05, 0) is 25.8 Å². The van der Waals surface area contributed by atoms with E-state index in [0.29, 0.717) is 25.0 Å². The molecule has 1 aliphatic heterocycles. The van der Waals surface area contributed by atoms with Gasteiger partial charge in [-0.15, -0.1) is 11.3 Å².